The molecular formula is C26H24N4O3S. The summed E-state index contributed by atoms with van der Waals surface area (Å²) in [5.74, 6) is 2.77. The zero-order chi connectivity index (χ0) is 23.3. The van der Waals surface area contributed by atoms with Crippen LogP contribution in [0, 0.1) is 0 Å². The van der Waals surface area contributed by atoms with E-state index in [4.69, 9.17) is 9.47 Å². The Morgan fingerprint density at radius 1 is 0.912 bits per heavy atom. The third-order valence-corrected chi connectivity index (χ3v) is 6.49. The molecule has 7 nitrogen and oxygen atoms in total. The first-order valence-electron chi connectivity index (χ1n) is 11.1. The van der Waals surface area contributed by atoms with Crippen LogP contribution in [0.2, 0.25) is 0 Å². The molecular weight excluding hydrogens is 448 g/mol. The molecule has 2 heterocycles. The fraction of sp³-hybridized carbons (Fsp3) is 0.192. The predicted molar refractivity (Wildman–Crippen MR) is 134 cm³/mol. The molecule has 172 valence electrons. The minimum atomic E-state index is -0.0650. The summed E-state index contributed by atoms with van der Waals surface area (Å²) in [4.78, 5) is 13.2. The Kier molecular flexibility index (Phi) is 6.60. The van der Waals surface area contributed by atoms with Gasteiger partial charge in [0.2, 0.25) is 5.78 Å². The van der Waals surface area contributed by atoms with Crippen molar-refractivity contribution in [3.8, 4) is 11.5 Å². The Morgan fingerprint density at radius 3 is 2.53 bits per heavy atom. The lowest BCUT2D eigenvalue weighted by Crippen LogP contribution is -2.24. The fourth-order valence-corrected chi connectivity index (χ4v) is 4.81. The van der Waals surface area contributed by atoms with E-state index in [9.17, 15) is 4.79 Å². The molecule has 5 rings (SSSR count). The Bertz CT molecular complexity index is 1480. The molecule has 0 atom stereocenters. The SMILES string of the molecule is COCCCn1c(=O)c2ccccc2n2c(SCc3ccccc3Oc3ccccc3)nnc12. The molecule has 0 amide bonds. The minimum Gasteiger partial charge on any atom is -0.457 e. The Morgan fingerprint density at radius 2 is 1.68 bits per heavy atom. The van der Waals surface area contributed by atoms with E-state index in [1.807, 2.05) is 83.3 Å². The van der Waals surface area contributed by atoms with E-state index >= 15 is 0 Å². The maximum Gasteiger partial charge on any atom is 0.262 e. The second-order valence-corrected chi connectivity index (χ2v) is 8.69. The average molecular weight is 473 g/mol. The molecule has 0 aliphatic carbocycles. The topological polar surface area (TPSA) is 70.7 Å². The molecule has 8 heteroatoms. The zero-order valence-corrected chi connectivity index (χ0v) is 19.6. The van der Waals surface area contributed by atoms with E-state index in [1.54, 1.807) is 23.4 Å². The summed E-state index contributed by atoms with van der Waals surface area (Å²) in [7, 11) is 1.66. The molecule has 0 aliphatic heterocycles. The minimum absolute atomic E-state index is 0.0650. The van der Waals surface area contributed by atoms with Crippen molar-refractivity contribution in [2.75, 3.05) is 13.7 Å². The summed E-state index contributed by atoms with van der Waals surface area (Å²) in [5, 5.41) is 10.2. The summed E-state index contributed by atoms with van der Waals surface area (Å²) in [6.45, 7) is 1.08. The van der Waals surface area contributed by atoms with Crippen LogP contribution < -0.4 is 10.3 Å². The Labute approximate surface area is 201 Å². The Balaban J connectivity index is 1.50. The number of rotatable bonds is 9. The number of thioether (sulfide) groups is 1. The van der Waals surface area contributed by atoms with Crippen molar-refractivity contribution >= 4 is 28.4 Å². The van der Waals surface area contributed by atoms with Gasteiger partial charge in [0.25, 0.3) is 5.56 Å². The molecule has 0 spiro atoms. The summed E-state index contributed by atoms with van der Waals surface area (Å²) in [6.07, 6.45) is 0.712. The van der Waals surface area contributed by atoms with Crippen LogP contribution in [0.1, 0.15) is 12.0 Å². The van der Waals surface area contributed by atoms with Crippen LogP contribution >= 0.6 is 11.8 Å². The highest BCUT2D eigenvalue weighted by molar-refractivity contribution is 7.98. The number of benzene rings is 3. The van der Waals surface area contributed by atoms with E-state index in [1.165, 1.54) is 0 Å². The van der Waals surface area contributed by atoms with Gasteiger partial charge in [0, 0.05) is 31.6 Å². The van der Waals surface area contributed by atoms with Gasteiger partial charge in [-0.1, -0.05) is 60.3 Å². The number of hydrogen-bond donors (Lipinski definition) is 0. The molecule has 0 saturated heterocycles. The van der Waals surface area contributed by atoms with Crippen molar-refractivity contribution in [3.63, 3.8) is 0 Å². The fourth-order valence-electron chi connectivity index (χ4n) is 3.88. The van der Waals surface area contributed by atoms with E-state index in [-0.39, 0.29) is 5.56 Å². The number of hydrogen-bond acceptors (Lipinski definition) is 6. The largest absolute Gasteiger partial charge is 0.457 e. The molecule has 0 unspecified atom stereocenters. The van der Waals surface area contributed by atoms with Crippen molar-refractivity contribution in [3.05, 3.63) is 94.8 Å². The second kappa shape index (κ2) is 10.1. The quantitative estimate of drug-likeness (QED) is 0.218. The molecule has 3 aromatic carbocycles. The predicted octanol–water partition coefficient (Wildman–Crippen LogP) is 5.17. The van der Waals surface area contributed by atoms with E-state index < -0.39 is 0 Å². The van der Waals surface area contributed by atoms with Crippen LogP contribution in [0.15, 0.2) is 88.8 Å². The standard InChI is InChI=1S/C26H24N4O3S/c1-32-17-9-16-29-24(31)21-13-6-7-14-22(21)30-25(29)27-28-26(30)34-18-19-10-5-8-15-23(19)33-20-11-3-2-4-12-20/h2-8,10-15H,9,16-18H2,1H3. The van der Waals surface area contributed by atoms with E-state index in [0.717, 1.165) is 27.7 Å². The van der Waals surface area contributed by atoms with Gasteiger partial charge in [-0.3, -0.25) is 13.8 Å². The Hall–Kier alpha value is -3.62. The molecule has 0 saturated carbocycles. The number of methoxy groups -OCH3 is 1. The first-order valence-corrected chi connectivity index (χ1v) is 12.0. The van der Waals surface area contributed by atoms with Crippen LogP contribution in [0.3, 0.4) is 0 Å². The van der Waals surface area contributed by atoms with Gasteiger partial charge in [-0.15, -0.1) is 10.2 Å². The van der Waals surface area contributed by atoms with Crippen LogP contribution in [-0.4, -0.2) is 32.9 Å². The molecule has 0 N–H and O–H groups in total. The number of nitrogens with zero attached hydrogens (tertiary/aromatic N) is 4. The molecule has 2 aromatic heterocycles. The molecule has 5 aromatic rings. The van der Waals surface area contributed by atoms with Crippen LogP contribution in [0.25, 0.3) is 16.7 Å². The van der Waals surface area contributed by atoms with Crippen LogP contribution in [-0.2, 0) is 17.0 Å². The van der Waals surface area contributed by atoms with Crippen molar-refractivity contribution in [1.29, 1.82) is 0 Å². The van der Waals surface area contributed by atoms with E-state index in [2.05, 4.69) is 10.2 Å². The van der Waals surface area contributed by atoms with E-state index in [0.29, 0.717) is 36.5 Å². The van der Waals surface area contributed by atoms with Gasteiger partial charge in [0.05, 0.1) is 10.9 Å². The highest BCUT2D eigenvalue weighted by Gasteiger charge is 2.17. The number of para-hydroxylation sites is 3. The van der Waals surface area contributed by atoms with Gasteiger partial charge in [0.15, 0.2) is 5.16 Å². The van der Waals surface area contributed by atoms with Gasteiger partial charge < -0.3 is 9.47 Å². The van der Waals surface area contributed by atoms with Crippen molar-refractivity contribution in [1.82, 2.24) is 19.2 Å². The number of aryl methyl sites for hydroxylation is 1. The third kappa shape index (κ3) is 4.42. The smallest absolute Gasteiger partial charge is 0.262 e. The lowest BCUT2D eigenvalue weighted by atomic mass is 10.2. The van der Waals surface area contributed by atoms with Gasteiger partial charge in [-0.2, -0.15) is 0 Å². The summed E-state index contributed by atoms with van der Waals surface area (Å²) >= 11 is 1.56. The summed E-state index contributed by atoms with van der Waals surface area (Å²) < 4.78 is 14.9. The van der Waals surface area contributed by atoms with Gasteiger partial charge in [0.1, 0.15) is 11.5 Å². The van der Waals surface area contributed by atoms with Crippen LogP contribution in [0.5, 0.6) is 11.5 Å². The third-order valence-electron chi connectivity index (χ3n) is 5.51. The first kappa shape index (κ1) is 22.2. The first-order chi connectivity index (χ1) is 16.8. The van der Waals surface area contributed by atoms with Gasteiger partial charge in [-0.05, 0) is 36.8 Å². The number of ether oxygens (including phenoxy) is 2. The number of aromatic nitrogens is 4. The highest BCUT2D eigenvalue weighted by Crippen LogP contribution is 2.31. The lowest BCUT2D eigenvalue weighted by Gasteiger charge is -2.12. The second-order valence-electron chi connectivity index (χ2n) is 7.75. The summed E-state index contributed by atoms with van der Waals surface area (Å²) in [6, 6.07) is 25.3. The molecule has 0 fully saturated rings. The van der Waals surface area contributed by atoms with Crippen molar-refractivity contribution in [2.45, 2.75) is 23.9 Å². The summed E-state index contributed by atoms with van der Waals surface area (Å²) in [5.41, 5.74) is 1.78. The average Bonchev–Trinajstić information content (AvgIpc) is 3.30. The van der Waals surface area contributed by atoms with Crippen LogP contribution in [0.4, 0.5) is 0 Å². The normalized spacial score (nSPS) is 11.3. The zero-order valence-electron chi connectivity index (χ0n) is 18.8. The van der Waals surface area contributed by atoms with Crippen molar-refractivity contribution in [2.24, 2.45) is 0 Å². The maximum absolute atomic E-state index is 13.2. The molecule has 0 aliphatic rings. The van der Waals surface area contributed by atoms with Gasteiger partial charge in [-0.25, -0.2) is 0 Å². The maximum atomic E-state index is 13.2. The van der Waals surface area contributed by atoms with Gasteiger partial charge >= 0.3 is 0 Å². The van der Waals surface area contributed by atoms with Crippen molar-refractivity contribution < 1.29 is 9.47 Å². The molecule has 34 heavy (non-hydrogen) atoms. The number of fused-ring (bicyclic) bond motifs is 3. The monoisotopic (exact) mass is 472 g/mol. The lowest BCUT2D eigenvalue weighted by molar-refractivity contribution is 0.190. The molecule has 0 radical (unpaired) electrons. The highest BCUT2D eigenvalue weighted by atomic mass is 32.2. The molecule has 0 bridgehead atoms.